The van der Waals surface area contributed by atoms with Crippen molar-refractivity contribution in [2.24, 2.45) is 0 Å². The van der Waals surface area contributed by atoms with Crippen LogP contribution < -0.4 is 10.6 Å². The molecule has 5 nitrogen and oxygen atoms in total. The Labute approximate surface area is 153 Å². The second-order valence-electron chi connectivity index (χ2n) is 4.81. The predicted octanol–water partition coefficient (Wildman–Crippen LogP) is 4.14. The summed E-state index contributed by atoms with van der Waals surface area (Å²) in [6.45, 7) is 0.540. The summed E-state index contributed by atoms with van der Waals surface area (Å²) in [6.07, 6.45) is 0. The zero-order valence-electron chi connectivity index (χ0n) is 12.5. The van der Waals surface area contributed by atoms with Gasteiger partial charge < -0.3 is 10.6 Å². The lowest BCUT2D eigenvalue weighted by Crippen LogP contribution is -2.12. The average Bonchev–Trinajstić information content (AvgIpc) is 2.93. The number of hydrogen-bond acceptors (Lipinski definition) is 5. The van der Waals surface area contributed by atoms with E-state index in [1.807, 2.05) is 30.3 Å². The lowest BCUT2D eigenvalue weighted by molar-refractivity contribution is 0.344. The normalized spacial score (nSPS) is 10.8. The average molecular weight is 381 g/mol. The maximum Gasteiger partial charge on any atom is 0.210 e. The van der Waals surface area contributed by atoms with Crippen molar-refractivity contribution in [1.29, 1.82) is 0 Å². The smallest absolute Gasteiger partial charge is 0.210 e. The van der Waals surface area contributed by atoms with Gasteiger partial charge in [-0.05, 0) is 30.3 Å². The number of nitrogen functional groups attached to an aromatic ring is 1. The van der Waals surface area contributed by atoms with E-state index in [0.717, 1.165) is 5.75 Å². The molecule has 0 saturated heterocycles. The summed E-state index contributed by atoms with van der Waals surface area (Å²) >= 11 is 13.6. The second kappa shape index (κ2) is 7.79. The molecular formula is C16H14Cl2N4OS. The van der Waals surface area contributed by atoms with Gasteiger partial charge >= 0.3 is 0 Å². The Morgan fingerprint density at radius 3 is 2.62 bits per heavy atom. The summed E-state index contributed by atoms with van der Waals surface area (Å²) in [5.41, 5.74) is 0.684. The highest BCUT2D eigenvalue weighted by Crippen LogP contribution is 2.30. The van der Waals surface area contributed by atoms with Crippen molar-refractivity contribution in [3.05, 3.63) is 58.6 Å². The monoisotopic (exact) mass is 380 g/mol. The molecule has 0 amide bonds. The van der Waals surface area contributed by atoms with Crippen LogP contribution in [0.5, 0.6) is 5.75 Å². The van der Waals surface area contributed by atoms with Crippen LogP contribution in [0.4, 0.5) is 0 Å². The van der Waals surface area contributed by atoms with Gasteiger partial charge in [0, 0.05) is 16.3 Å². The molecule has 0 saturated carbocycles. The van der Waals surface area contributed by atoms with E-state index in [2.05, 4.69) is 10.2 Å². The first-order valence-electron chi connectivity index (χ1n) is 7.11. The number of ether oxygens (including phenoxy) is 1. The van der Waals surface area contributed by atoms with Gasteiger partial charge in [0.05, 0.1) is 11.6 Å². The zero-order valence-corrected chi connectivity index (χ0v) is 14.9. The van der Waals surface area contributed by atoms with Crippen LogP contribution in [0.15, 0.2) is 53.7 Å². The third kappa shape index (κ3) is 3.95. The van der Waals surface area contributed by atoms with E-state index in [1.165, 1.54) is 16.4 Å². The molecule has 3 aromatic rings. The van der Waals surface area contributed by atoms with Gasteiger partial charge in [-0.2, -0.15) is 0 Å². The number of thioether (sulfide) groups is 1. The Morgan fingerprint density at radius 2 is 1.88 bits per heavy atom. The fourth-order valence-electron chi connectivity index (χ4n) is 2.04. The van der Waals surface area contributed by atoms with Crippen molar-refractivity contribution in [2.45, 2.75) is 5.16 Å². The molecule has 2 aromatic carbocycles. The molecule has 1 heterocycles. The number of hydrogen-bond donors (Lipinski definition) is 1. The number of nitrogens with two attached hydrogens (primary N) is 1. The van der Waals surface area contributed by atoms with Crippen LogP contribution in [-0.4, -0.2) is 27.2 Å². The molecule has 0 aliphatic heterocycles. The summed E-state index contributed by atoms with van der Waals surface area (Å²) in [7, 11) is 0. The number of benzene rings is 2. The minimum Gasteiger partial charge on any atom is -0.493 e. The van der Waals surface area contributed by atoms with Gasteiger partial charge in [-0.15, -0.1) is 10.2 Å². The highest BCUT2D eigenvalue weighted by atomic mass is 35.5. The fourth-order valence-corrected chi connectivity index (χ4v) is 3.21. The first kappa shape index (κ1) is 17.0. The van der Waals surface area contributed by atoms with Crippen molar-refractivity contribution < 1.29 is 4.74 Å². The number of aromatic nitrogens is 3. The van der Waals surface area contributed by atoms with Crippen LogP contribution in [0.3, 0.4) is 0 Å². The molecule has 2 N–H and O–H groups in total. The molecule has 1 aromatic heterocycles. The second-order valence-corrected chi connectivity index (χ2v) is 6.72. The van der Waals surface area contributed by atoms with Crippen LogP contribution in [0.2, 0.25) is 10.0 Å². The minimum absolute atomic E-state index is 0.477. The molecule has 8 heteroatoms. The minimum atomic E-state index is 0.477. The van der Waals surface area contributed by atoms with Crippen LogP contribution in [0.25, 0.3) is 11.4 Å². The summed E-state index contributed by atoms with van der Waals surface area (Å²) in [5, 5.41) is 9.84. The van der Waals surface area contributed by atoms with Crippen LogP contribution >= 0.6 is 35.0 Å². The van der Waals surface area contributed by atoms with Gasteiger partial charge in [-0.1, -0.05) is 53.2 Å². The van der Waals surface area contributed by atoms with Crippen molar-refractivity contribution in [3.8, 4) is 17.1 Å². The van der Waals surface area contributed by atoms with Crippen LogP contribution in [0.1, 0.15) is 0 Å². The van der Waals surface area contributed by atoms with Crippen molar-refractivity contribution in [1.82, 2.24) is 14.9 Å². The Hall–Kier alpha value is -1.89. The van der Waals surface area contributed by atoms with Crippen molar-refractivity contribution >= 4 is 35.0 Å². The van der Waals surface area contributed by atoms with Gasteiger partial charge in [0.15, 0.2) is 5.82 Å². The van der Waals surface area contributed by atoms with Gasteiger partial charge in [0.25, 0.3) is 0 Å². The van der Waals surface area contributed by atoms with E-state index in [1.54, 1.807) is 18.2 Å². The Bertz CT molecular complexity index is 826. The largest absolute Gasteiger partial charge is 0.493 e. The molecule has 0 aliphatic rings. The third-order valence-corrected chi connectivity index (χ3v) is 4.62. The highest BCUT2D eigenvalue weighted by Gasteiger charge is 2.15. The molecule has 24 heavy (non-hydrogen) atoms. The first-order valence-corrected chi connectivity index (χ1v) is 8.86. The van der Waals surface area contributed by atoms with Crippen molar-refractivity contribution in [3.63, 3.8) is 0 Å². The summed E-state index contributed by atoms with van der Waals surface area (Å²) in [6, 6.07) is 14.8. The highest BCUT2D eigenvalue weighted by molar-refractivity contribution is 7.99. The first-order chi connectivity index (χ1) is 11.6. The lowest BCUT2D eigenvalue weighted by atomic mass is 10.2. The SMILES string of the molecule is Nn1c(SCCOc2ccccc2)nnc1-c1ccc(Cl)cc1Cl. The molecule has 0 atom stereocenters. The molecule has 0 radical (unpaired) electrons. The maximum absolute atomic E-state index is 6.19. The van der Waals surface area contributed by atoms with Gasteiger partial charge in [0.2, 0.25) is 5.16 Å². The Morgan fingerprint density at radius 1 is 1.08 bits per heavy atom. The molecule has 0 fully saturated rings. The number of rotatable bonds is 6. The van der Waals surface area contributed by atoms with E-state index < -0.39 is 0 Å². The van der Waals surface area contributed by atoms with E-state index >= 15 is 0 Å². The standard InChI is InChI=1S/C16H14Cl2N4OS/c17-11-6-7-13(14(18)10-11)15-20-21-16(22(15)19)24-9-8-23-12-4-2-1-3-5-12/h1-7,10H,8-9,19H2. The Kier molecular flexibility index (Phi) is 5.50. The van der Waals surface area contributed by atoms with Gasteiger partial charge in [-0.25, -0.2) is 4.68 Å². The number of para-hydroxylation sites is 1. The summed E-state index contributed by atoms with van der Waals surface area (Å²) in [5.74, 6) is 8.09. The zero-order chi connectivity index (χ0) is 16.9. The number of halogens is 2. The van der Waals surface area contributed by atoms with Crippen LogP contribution in [0, 0.1) is 0 Å². The number of nitrogens with zero attached hydrogens (tertiary/aromatic N) is 3. The Balaban J connectivity index is 1.62. The van der Waals surface area contributed by atoms with E-state index in [9.17, 15) is 0 Å². The van der Waals surface area contributed by atoms with Crippen LogP contribution in [-0.2, 0) is 0 Å². The maximum atomic E-state index is 6.19. The lowest BCUT2D eigenvalue weighted by Gasteiger charge is -2.07. The topological polar surface area (TPSA) is 66.0 Å². The fraction of sp³-hybridized carbons (Fsp3) is 0.125. The molecule has 0 aliphatic carbocycles. The van der Waals surface area contributed by atoms with Gasteiger partial charge in [-0.3, -0.25) is 0 Å². The molecule has 0 spiro atoms. The van der Waals surface area contributed by atoms with E-state index in [-0.39, 0.29) is 0 Å². The molecular weight excluding hydrogens is 367 g/mol. The van der Waals surface area contributed by atoms with Crippen molar-refractivity contribution in [2.75, 3.05) is 18.2 Å². The summed E-state index contributed by atoms with van der Waals surface area (Å²) < 4.78 is 7.06. The third-order valence-electron chi connectivity index (χ3n) is 3.16. The predicted molar refractivity (Wildman–Crippen MR) is 98.3 cm³/mol. The molecule has 124 valence electrons. The van der Waals surface area contributed by atoms with Gasteiger partial charge in [0.1, 0.15) is 5.75 Å². The molecule has 0 unspecified atom stereocenters. The molecule has 3 rings (SSSR count). The summed E-state index contributed by atoms with van der Waals surface area (Å²) in [4.78, 5) is 0. The molecule has 0 bridgehead atoms. The van der Waals surface area contributed by atoms with E-state index in [4.69, 9.17) is 33.8 Å². The quantitative estimate of drug-likeness (QED) is 0.395. The van der Waals surface area contributed by atoms with E-state index in [0.29, 0.717) is 38.9 Å².